The van der Waals surface area contributed by atoms with Gasteiger partial charge in [-0.15, -0.1) is 0 Å². The quantitative estimate of drug-likeness (QED) is 0.862. The van der Waals surface area contributed by atoms with E-state index in [0.717, 1.165) is 22.9 Å². The third kappa shape index (κ3) is 2.39. The Labute approximate surface area is 121 Å². The smallest absolute Gasteiger partial charge is 0.180 e. The molecule has 1 N–H and O–H groups in total. The molecule has 0 unspecified atom stereocenters. The zero-order valence-electron chi connectivity index (χ0n) is 13.9. The molecule has 0 aliphatic carbocycles. The molecule has 2 rings (SSSR count). The average molecular weight is 274 g/mol. The highest BCUT2D eigenvalue weighted by Crippen LogP contribution is 2.31. The summed E-state index contributed by atoms with van der Waals surface area (Å²) in [7, 11) is 1.90. The Balaban J connectivity index is 2.88. The fourth-order valence-corrected chi connectivity index (χ4v) is 2.59. The van der Waals surface area contributed by atoms with Crippen molar-refractivity contribution in [3.63, 3.8) is 0 Å². The highest BCUT2D eigenvalue weighted by atomic mass is 15.1. The van der Waals surface area contributed by atoms with Crippen molar-refractivity contribution >= 4 is 11.5 Å². The Morgan fingerprint density at radius 2 is 1.60 bits per heavy atom. The number of hydrogen-bond donors (Lipinski definition) is 1. The molecule has 0 atom stereocenters. The van der Waals surface area contributed by atoms with Crippen molar-refractivity contribution in [3.8, 4) is 0 Å². The third-order valence-corrected chi connectivity index (χ3v) is 3.50. The summed E-state index contributed by atoms with van der Waals surface area (Å²) in [5.74, 6) is 0.844. The molecule has 0 saturated carbocycles. The summed E-state index contributed by atoms with van der Waals surface area (Å²) in [4.78, 5) is 9.44. The molecule has 0 amide bonds. The van der Waals surface area contributed by atoms with E-state index in [0.29, 0.717) is 0 Å². The summed E-state index contributed by atoms with van der Waals surface area (Å²) in [6.07, 6.45) is 2.14. The number of rotatable bonds is 1. The fourth-order valence-electron chi connectivity index (χ4n) is 2.59. The highest BCUT2D eigenvalue weighted by molar-refractivity contribution is 5.65. The second kappa shape index (κ2) is 4.47. The van der Waals surface area contributed by atoms with Gasteiger partial charge >= 0.3 is 0 Å². The zero-order valence-corrected chi connectivity index (χ0v) is 13.9. The second-order valence-corrected chi connectivity index (χ2v) is 7.46. The Kier molecular flexibility index (Phi) is 3.31. The van der Waals surface area contributed by atoms with E-state index in [4.69, 9.17) is 9.97 Å². The summed E-state index contributed by atoms with van der Waals surface area (Å²) < 4.78 is 2.20. The van der Waals surface area contributed by atoms with Crippen LogP contribution >= 0.6 is 0 Å². The molecule has 2 heterocycles. The molecular weight excluding hydrogens is 248 g/mol. The van der Waals surface area contributed by atoms with Crippen LogP contribution in [0.25, 0.3) is 5.65 Å². The predicted octanol–water partition coefficient (Wildman–Crippen LogP) is 3.67. The number of anilines is 1. The maximum Gasteiger partial charge on any atom is 0.180 e. The van der Waals surface area contributed by atoms with Crippen molar-refractivity contribution in [2.45, 2.75) is 59.3 Å². The van der Waals surface area contributed by atoms with E-state index in [1.807, 2.05) is 7.05 Å². The van der Waals surface area contributed by atoms with Crippen molar-refractivity contribution < 1.29 is 0 Å². The Morgan fingerprint density at radius 1 is 1.00 bits per heavy atom. The Hall–Kier alpha value is -1.58. The van der Waals surface area contributed by atoms with E-state index in [-0.39, 0.29) is 10.8 Å². The van der Waals surface area contributed by atoms with Crippen LogP contribution in [-0.4, -0.2) is 21.4 Å². The van der Waals surface area contributed by atoms with Crippen LogP contribution < -0.4 is 5.32 Å². The number of nitrogens with zero attached hydrogens (tertiary/aromatic N) is 3. The van der Waals surface area contributed by atoms with E-state index >= 15 is 0 Å². The van der Waals surface area contributed by atoms with Crippen molar-refractivity contribution in [2.75, 3.05) is 12.4 Å². The van der Waals surface area contributed by atoms with Crippen LogP contribution in [0.5, 0.6) is 0 Å². The molecule has 0 aromatic carbocycles. The molecule has 110 valence electrons. The number of fused-ring (bicyclic) bond motifs is 1. The molecule has 0 fully saturated rings. The lowest BCUT2D eigenvalue weighted by molar-refractivity contribution is 0.545. The van der Waals surface area contributed by atoms with Gasteiger partial charge < -0.3 is 5.32 Å². The van der Waals surface area contributed by atoms with Gasteiger partial charge in [0.1, 0.15) is 0 Å². The third-order valence-electron chi connectivity index (χ3n) is 3.50. The molecule has 4 nitrogen and oxygen atoms in total. The molecular formula is C16H26N4. The Morgan fingerprint density at radius 3 is 2.05 bits per heavy atom. The molecule has 0 aliphatic heterocycles. The first-order valence-corrected chi connectivity index (χ1v) is 7.14. The number of aryl methyl sites for hydroxylation is 1. The standard InChI is InChI=1S/C16H26N4/c1-10-12(16(5,6)7)20-9-11(15(2,3)4)19-13(17-8)14(20)18-10/h9H,1-8H3,(H,17,19). The average Bonchev–Trinajstić information content (AvgIpc) is 2.61. The maximum absolute atomic E-state index is 4.73. The van der Waals surface area contributed by atoms with Gasteiger partial charge in [0.2, 0.25) is 0 Å². The summed E-state index contributed by atoms with van der Waals surface area (Å²) in [6.45, 7) is 15.3. The van der Waals surface area contributed by atoms with Gasteiger partial charge in [-0.3, -0.25) is 4.40 Å². The number of hydrogen-bond acceptors (Lipinski definition) is 3. The van der Waals surface area contributed by atoms with E-state index in [2.05, 4.69) is 64.4 Å². The number of nitrogens with one attached hydrogen (secondary N) is 1. The SMILES string of the molecule is CNc1nc(C(C)(C)C)cn2c(C(C)(C)C)c(C)nc12. The van der Waals surface area contributed by atoms with Crippen LogP contribution in [0.1, 0.15) is 58.6 Å². The second-order valence-electron chi connectivity index (χ2n) is 7.46. The minimum atomic E-state index is 0.00706. The first kappa shape index (κ1) is 14.8. The topological polar surface area (TPSA) is 42.2 Å². The van der Waals surface area contributed by atoms with Gasteiger partial charge in [-0.2, -0.15) is 0 Å². The predicted molar refractivity (Wildman–Crippen MR) is 84.7 cm³/mol. The molecule has 0 bridgehead atoms. The lowest BCUT2D eigenvalue weighted by Gasteiger charge is -2.23. The van der Waals surface area contributed by atoms with Gasteiger partial charge in [0, 0.05) is 24.1 Å². The van der Waals surface area contributed by atoms with Gasteiger partial charge in [0.15, 0.2) is 11.5 Å². The summed E-state index contributed by atoms with van der Waals surface area (Å²) in [5, 5.41) is 3.18. The highest BCUT2D eigenvalue weighted by Gasteiger charge is 2.26. The molecule has 20 heavy (non-hydrogen) atoms. The molecule has 0 saturated heterocycles. The van der Waals surface area contributed by atoms with Crippen molar-refractivity contribution in [1.29, 1.82) is 0 Å². The minimum absolute atomic E-state index is 0.00706. The molecule has 4 heteroatoms. The number of aromatic nitrogens is 3. The number of imidazole rings is 1. The van der Waals surface area contributed by atoms with E-state index < -0.39 is 0 Å². The molecule has 0 radical (unpaired) electrons. The minimum Gasteiger partial charge on any atom is -0.370 e. The van der Waals surface area contributed by atoms with Crippen molar-refractivity contribution in [3.05, 3.63) is 23.3 Å². The Bertz CT molecular complexity index is 639. The first-order chi connectivity index (χ1) is 9.05. The molecule has 0 spiro atoms. The van der Waals surface area contributed by atoms with Gasteiger partial charge in [-0.05, 0) is 6.92 Å². The van der Waals surface area contributed by atoms with Crippen molar-refractivity contribution in [2.24, 2.45) is 0 Å². The van der Waals surface area contributed by atoms with Crippen molar-refractivity contribution in [1.82, 2.24) is 14.4 Å². The molecule has 2 aromatic rings. The zero-order chi connectivity index (χ0) is 15.3. The van der Waals surface area contributed by atoms with Gasteiger partial charge in [0.05, 0.1) is 17.1 Å². The van der Waals surface area contributed by atoms with Crippen LogP contribution in [0, 0.1) is 6.92 Å². The van der Waals surface area contributed by atoms with Crippen LogP contribution in [0.2, 0.25) is 0 Å². The van der Waals surface area contributed by atoms with Gasteiger partial charge in [0.25, 0.3) is 0 Å². The monoisotopic (exact) mass is 274 g/mol. The van der Waals surface area contributed by atoms with Gasteiger partial charge in [-0.1, -0.05) is 41.5 Å². The largest absolute Gasteiger partial charge is 0.370 e. The van der Waals surface area contributed by atoms with Crippen LogP contribution in [0.15, 0.2) is 6.20 Å². The van der Waals surface area contributed by atoms with Crippen LogP contribution in [0.3, 0.4) is 0 Å². The lowest BCUT2D eigenvalue weighted by atomic mass is 9.90. The van der Waals surface area contributed by atoms with E-state index in [9.17, 15) is 0 Å². The van der Waals surface area contributed by atoms with E-state index in [1.165, 1.54) is 5.69 Å². The maximum atomic E-state index is 4.73. The molecule has 0 aliphatic rings. The molecule has 2 aromatic heterocycles. The summed E-state index contributed by atoms with van der Waals surface area (Å²) in [5.41, 5.74) is 4.34. The summed E-state index contributed by atoms with van der Waals surface area (Å²) in [6, 6.07) is 0. The normalized spacial score (nSPS) is 13.0. The van der Waals surface area contributed by atoms with Crippen LogP contribution in [0.4, 0.5) is 5.82 Å². The van der Waals surface area contributed by atoms with E-state index in [1.54, 1.807) is 0 Å². The fraction of sp³-hybridized carbons (Fsp3) is 0.625. The van der Waals surface area contributed by atoms with Crippen LogP contribution in [-0.2, 0) is 10.8 Å². The summed E-state index contributed by atoms with van der Waals surface area (Å²) >= 11 is 0. The van der Waals surface area contributed by atoms with Gasteiger partial charge in [-0.25, -0.2) is 9.97 Å². The lowest BCUT2D eigenvalue weighted by Crippen LogP contribution is -2.19. The first-order valence-electron chi connectivity index (χ1n) is 7.14.